The van der Waals surface area contributed by atoms with Crippen LogP contribution in [-0.2, 0) is 13.1 Å². The molecule has 0 amide bonds. The zero-order valence-corrected chi connectivity index (χ0v) is 22.8. The van der Waals surface area contributed by atoms with Gasteiger partial charge in [-0.05, 0) is 96.7 Å². The third-order valence-corrected chi connectivity index (χ3v) is 7.04. The highest BCUT2D eigenvalue weighted by Crippen LogP contribution is 2.39. The average molecular weight is 517 g/mol. The molecule has 0 fully saturated rings. The van der Waals surface area contributed by atoms with Crippen LogP contribution in [0.25, 0.3) is 33.4 Å². The Labute approximate surface area is 223 Å². The van der Waals surface area contributed by atoms with E-state index < -0.39 is 0 Å². The van der Waals surface area contributed by atoms with Gasteiger partial charge in [-0.15, -0.1) is 0 Å². The summed E-state index contributed by atoms with van der Waals surface area (Å²) in [7, 11) is 6.66. The molecule has 0 aliphatic rings. The Kier molecular flexibility index (Phi) is 8.45. The highest BCUT2D eigenvalue weighted by molar-refractivity contribution is 5.84. The van der Waals surface area contributed by atoms with Crippen LogP contribution in [0.2, 0.25) is 0 Å². The third kappa shape index (κ3) is 5.15. The van der Waals surface area contributed by atoms with Crippen LogP contribution in [-0.4, -0.2) is 28.3 Å². The number of benzene rings is 4. The van der Waals surface area contributed by atoms with Crippen molar-refractivity contribution < 1.29 is 18.3 Å². The van der Waals surface area contributed by atoms with E-state index in [1.165, 1.54) is 0 Å². The molecule has 4 aromatic rings. The van der Waals surface area contributed by atoms with Gasteiger partial charge in [-0.25, -0.2) is 8.78 Å². The summed E-state index contributed by atoms with van der Waals surface area (Å²) in [6.07, 6.45) is 0. The Morgan fingerprint density at radius 2 is 0.974 bits per heavy atom. The number of rotatable bonds is 9. The van der Waals surface area contributed by atoms with Crippen LogP contribution in [0.3, 0.4) is 0 Å². The highest BCUT2D eigenvalue weighted by atomic mass is 19.1. The van der Waals surface area contributed by atoms with Crippen LogP contribution in [0.4, 0.5) is 8.78 Å². The Balaban J connectivity index is 1.83. The summed E-state index contributed by atoms with van der Waals surface area (Å²) >= 11 is 0. The van der Waals surface area contributed by atoms with Gasteiger partial charge in [0.2, 0.25) is 0 Å². The normalized spacial score (nSPS) is 11.1. The molecule has 0 aliphatic heterocycles. The third-order valence-electron chi connectivity index (χ3n) is 7.04. The molecule has 38 heavy (non-hydrogen) atoms. The lowest BCUT2D eigenvalue weighted by atomic mass is 9.87. The zero-order valence-electron chi connectivity index (χ0n) is 22.8. The fraction of sp³-hybridized carbons (Fsp3) is 0.250. The molecule has 0 radical (unpaired) electrons. The van der Waals surface area contributed by atoms with Crippen molar-refractivity contribution in [2.24, 2.45) is 0 Å². The summed E-state index contributed by atoms with van der Waals surface area (Å²) in [6, 6.07) is 18.9. The number of halogens is 2. The number of hydrogen-bond donors (Lipinski definition) is 2. The van der Waals surface area contributed by atoms with Gasteiger partial charge in [-0.1, -0.05) is 36.4 Å². The first-order valence-corrected chi connectivity index (χ1v) is 12.6. The molecule has 0 saturated carbocycles. The van der Waals surface area contributed by atoms with Crippen molar-refractivity contribution in [2.75, 3.05) is 28.3 Å². The second-order valence-electron chi connectivity index (χ2n) is 9.29. The van der Waals surface area contributed by atoms with Crippen LogP contribution >= 0.6 is 0 Å². The standard InChI is InChI=1S/C32H34F2N2O2/c1-19-23(21-13-29(33)27(17-35-3)31(15-21)37-5)9-7-11-25(19)26-12-8-10-24(20(26)2)22-14-30(34)28(18-36-4)32(16-22)38-6/h7-16,35-36H,17-18H2,1-6H3. The summed E-state index contributed by atoms with van der Waals surface area (Å²) in [4.78, 5) is 0. The van der Waals surface area contributed by atoms with Gasteiger partial charge in [-0.2, -0.15) is 0 Å². The lowest BCUT2D eigenvalue weighted by Crippen LogP contribution is -2.09. The molecule has 0 bridgehead atoms. The van der Waals surface area contributed by atoms with Gasteiger partial charge in [0, 0.05) is 24.2 Å². The molecule has 2 N–H and O–H groups in total. The predicted octanol–water partition coefficient (Wildman–Crippen LogP) is 7.04. The van der Waals surface area contributed by atoms with Gasteiger partial charge in [0.25, 0.3) is 0 Å². The van der Waals surface area contributed by atoms with Crippen LogP contribution in [0.15, 0.2) is 60.7 Å². The second kappa shape index (κ2) is 11.8. The van der Waals surface area contributed by atoms with Gasteiger partial charge in [0.1, 0.15) is 23.1 Å². The topological polar surface area (TPSA) is 42.5 Å². The van der Waals surface area contributed by atoms with Gasteiger partial charge in [0.15, 0.2) is 0 Å². The molecule has 0 heterocycles. The van der Waals surface area contributed by atoms with E-state index in [-0.39, 0.29) is 11.6 Å². The summed E-state index contributed by atoms with van der Waals surface area (Å²) in [5.74, 6) is 0.397. The smallest absolute Gasteiger partial charge is 0.132 e. The van der Waals surface area contributed by atoms with Crippen LogP contribution in [0, 0.1) is 25.5 Å². The molecule has 198 valence electrons. The molecule has 0 unspecified atom stereocenters. The Morgan fingerprint density at radius 3 is 1.32 bits per heavy atom. The van der Waals surface area contributed by atoms with Crippen LogP contribution in [0.1, 0.15) is 22.3 Å². The van der Waals surface area contributed by atoms with Crippen molar-refractivity contribution in [1.29, 1.82) is 0 Å². The molecule has 6 heteroatoms. The van der Waals surface area contributed by atoms with Crippen molar-refractivity contribution in [3.63, 3.8) is 0 Å². The lowest BCUT2D eigenvalue weighted by molar-refractivity contribution is 0.403. The first kappa shape index (κ1) is 27.3. The molecule has 4 aromatic carbocycles. The Morgan fingerprint density at radius 1 is 0.605 bits per heavy atom. The fourth-order valence-corrected chi connectivity index (χ4v) is 5.07. The molecule has 0 atom stereocenters. The van der Waals surface area contributed by atoms with Crippen LogP contribution < -0.4 is 20.1 Å². The first-order valence-electron chi connectivity index (χ1n) is 12.6. The van der Waals surface area contributed by atoms with E-state index >= 15 is 8.78 Å². The van der Waals surface area contributed by atoms with Crippen molar-refractivity contribution >= 4 is 0 Å². The summed E-state index contributed by atoms with van der Waals surface area (Å²) in [6.45, 7) is 4.83. The summed E-state index contributed by atoms with van der Waals surface area (Å²) in [5.41, 5.74) is 8.43. The lowest BCUT2D eigenvalue weighted by Gasteiger charge is -2.18. The second-order valence-corrected chi connectivity index (χ2v) is 9.29. The Hall–Kier alpha value is -3.74. The number of nitrogens with one attached hydrogen (secondary N) is 2. The minimum atomic E-state index is -0.311. The van der Waals surface area contributed by atoms with Crippen LogP contribution in [0.5, 0.6) is 11.5 Å². The largest absolute Gasteiger partial charge is 0.496 e. The first-order chi connectivity index (χ1) is 18.3. The zero-order chi connectivity index (χ0) is 27.4. The van der Waals surface area contributed by atoms with E-state index in [1.54, 1.807) is 40.4 Å². The summed E-state index contributed by atoms with van der Waals surface area (Å²) < 4.78 is 41.1. The maximum atomic E-state index is 15.0. The van der Waals surface area contributed by atoms with E-state index in [1.807, 2.05) is 50.2 Å². The maximum Gasteiger partial charge on any atom is 0.132 e. The molecule has 0 aliphatic carbocycles. The number of hydrogen-bond acceptors (Lipinski definition) is 4. The predicted molar refractivity (Wildman–Crippen MR) is 151 cm³/mol. The van der Waals surface area contributed by atoms with E-state index in [0.29, 0.717) is 35.7 Å². The minimum Gasteiger partial charge on any atom is -0.496 e. The van der Waals surface area contributed by atoms with Crippen molar-refractivity contribution in [1.82, 2.24) is 10.6 Å². The van der Waals surface area contributed by atoms with E-state index in [4.69, 9.17) is 9.47 Å². The molecular formula is C32H34F2N2O2. The van der Waals surface area contributed by atoms with Gasteiger partial charge < -0.3 is 20.1 Å². The molecule has 4 rings (SSSR count). The van der Waals surface area contributed by atoms with Gasteiger partial charge in [-0.3, -0.25) is 0 Å². The maximum absolute atomic E-state index is 15.0. The fourth-order valence-electron chi connectivity index (χ4n) is 5.07. The molecule has 0 saturated heterocycles. The molecule has 0 spiro atoms. The number of ether oxygens (including phenoxy) is 2. The van der Waals surface area contributed by atoms with E-state index in [0.717, 1.165) is 44.5 Å². The number of methoxy groups -OCH3 is 2. The minimum absolute atomic E-state index is 0.311. The van der Waals surface area contributed by atoms with Gasteiger partial charge in [0.05, 0.1) is 14.2 Å². The van der Waals surface area contributed by atoms with Crippen molar-refractivity contribution in [3.05, 3.63) is 94.6 Å². The monoisotopic (exact) mass is 516 g/mol. The Bertz CT molecular complexity index is 1360. The molecule has 0 aromatic heterocycles. The van der Waals surface area contributed by atoms with E-state index in [9.17, 15) is 0 Å². The van der Waals surface area contributed by atoms with Gasteiger partial charge >= 0.3 is 0 Å². The van der Waals surface area contributed by atoms with Crippen molar-refractivity contribution in [3.8, 4) is 44.9 Å². The SMILES string of the molecule is CNCc1c(F)cc(-c2cccc(-c3cccc(-c4cc(F)c(CNC)c(OC)c4)c3C)c2C)cc1OC. The molecular weight excluding hydrogens is 482 g/mol. The molecule has 4 nitrogen and oxygen atoms in total. The van der Waals surface area contributed by atoms with E-state index in [2.05, 4.69) is 22.8 Å². The average Bonchev–Trinajstić information content (AvgIpc) is 2.91. The summed E-state index contributed by atoms with van der Waals surface area (Å²) in [5, 5.41) is 5.98. The van der Waals surface area contributed by atoms with Crippen molar-refractivity contribution in [2.45, 2.75) is 26.9 Å². The quantitative estimate of drug-likeness (QED) is 0.250. The highest BCUT2D eigenvalue weighted by Gasteiger charge is 2.18.